The third-order valence-corrected chi connectivity index (χ3v) is 4.13. The van der Waals surface area contributed by atoms with Gasteiger partial charge in [0, 0.05) is 25.5 Å². The standard InChI is InChI=1S/C16H23N5O2/c1-11-7-13(3)21(18-11)10-15(22)20-5-6-23-14(9-20)16-17-12(2)8-19(16)4/h7-8,14H,5-6,9-10H2,1-4H3/t14-/m1/s1. The minimum atomic E-state index is -0.174. The van der Waals surface area contributed by atoms with E-state index in [2.05, 4.69) is 10.1 Å². The number of hydrogen-bond donors (Lipinski definition) is 0. The largest absolute Gasteiger partial charge is 0.367 e. The Balaban J connectivity index is 1.69. The van der Waals surface area contributed by atoms with Crippen LogP contribution in [-0.4, -0.2) is 49.8 Å². The summed E-state index contributed by atoms with van der Waals surface area (Å²) in [4.78, 5) is 18.9. The van der Waals surface area contributed by atoms with E-state index in [1.807, 2.05) is 49.5 Å². The summed E-state index contributed by atoms with van der Waals surface area (Å²) < 4.78 is 9.54. The minimum absolute atomic E-state index is 0.0652. The Morgan fingerprint density at radius 2 is 2.13 bits per heavy atom. The lowest BCUT2D eigenvalue weighted by Crippen LogP contribution is -2.44. The molecule has 1 saturated heterocycles. The molecule has 0 saturated carbocycles. The third kappa shape index (κ3) is 3.29. The zero-order chi connectivity index (χ0) is 16.6. The van der Waals surface area contributed by atoms with Crippen LogP contribution < -0.4 is 0 Å². The van der Waals surface area contributed by atoms with Gasteiger partial charge < -0.3 is 14.2 Å². The van der Waals surface area contributed by atoms with E-state index in [1.165, 1.54) is 0 Å². The SMILES string of the molecule is Cc1cn(C)c([C@H]2CN(C(=O)Cn3nc(C)cc3C)CCO2)n1. The molecule has 0 aliphatic carbocycles. The molecule has 0 aromatic carbocycles. The van der Waals surface area contributed by atoms with Gasteiger partial charge in [0.2, 0.25) is 5.91 Å². The van der Waals surface area contributed by atoms with Gasteiger partial charge in [-0.15, -0.1) is 0 Å². The minimum Gasteiger partial charge on any atom is -0.367 e. The van der Waals surface area contributed by atoms with Crippen molar-refractivity contribution in [2.45, 2.75) is 33.4 Å². The summed E-state index contributed by atoms with van der Waals surface area (Å²) in [5, 5.41) is 4.36. The summed E-state index contributed by atoms with van der Waals surface area (Å²) in [5.41, 5.74) is 2.89. The van der Waals surface area contributed by atoms with Crippen molar-refractivity contribution in [3.8, 4) is 0 Å². The number of amides is 1. The number of hydrogen-bond acceptors (Lipinski definition) is 4. The molecule has 1 aliphatic rings. The predicted molar refractivity (Wildman–Crippen MR) is 84.9 cm³/mol. The second kappa shape index (κ2) is 6.16. The molecule has 1 amide bonds. The highest BCUT2D eigenvalue weighted by molar-refractivity contribution is 5.76. The first kappa shape index (κ1) is 15.7. The van der Waals surface area contributed by atoms with Gasteiger partial charge in [0.1, 0.15) is 18.5 Å². The van der Waals surface area contributed by atoms with Crippen molar-refractivity contribution in [3.05, 3.63) is 35.2 Å². The van der Waals surface area contributed by atoms with E-state index in [0.29, 0.717) is 19.7 Å². The molecule has 0 radical (unpaired) electrons. The van der Waals surface area contributed by atoms with Gasteiger partial charge in [-0.25, -0.2) is 4.98 Å². The van der Waals surface area contributed by atoms with E-state index >= 15 is 0 Å². The molecule has 7 nitrogen and oxygen atoms in total. The summed E-state index contributed by atoms with van der Waals surface area (Å²) in [7, 11) is 1.95. The van der Waals surface area contributed by atoms with E-state index in [1.54, 1.807) is 4.68 Å². The molecule has 2 aromatic rings. The molecular formula is C16H23N5O2. The number of aromatic nitrogens is 4. The highest BCUT2D eigenvalue weighted by Gasteiger charge is 2.28. The molecule has 1 atom stereocenters. The van der Waals surface area contributed by atoms with E-state index in [-0.39, 0.29) is 18.6 Å². The predicted octanol–water partition coefficient (Wildman–Crippen LogP) is 1.14. The Bertz CT molecular complexity index is 718. The van der Waals surface area contributed by atoms with Gasteiger partial charge in [0.05, 0.1) is 24.5 Å². The fourth-order valence-electron chi connectivity index (χ4n) is 3.03. The number of aryl methyl sites for hydroxylation is 4. The van der Waals surface area contributed by atoms with E-state index in [9.17, 15) is 4.79 Å². The van der Waals surface area contributed by atoms with Crippen LogP contribution in [0.1, 0.15) is 29.0 Å². The van der Waals surface area contributed by atoms with E-state index in [0.717, 1.165) is 22.9 Å². The van der Waals surface area contributed by atoms with Gasteiger partial charge in [-0.1, -0.05) is 0 Å². The number of morpholine rings is 1. The molecule has 1 aliphatic heterocycles. The van der Waals surface area contributed by atoms with Crippen molar-refractivity contribution >= 4 is 5.91 Å². The monoisotopic (exact) mass is 317 g/mol. The molecule has 3 rings (SSSR count). The number of carbonyl (C=O) groups is 1. The molecule has 7 heteroatoms. The fourth-order valence-corrected chi connectivity index (χ4v) is 3.03. The first-order chi connectivity index (χ1) is 10.9. The maximum absolute atomic E-state index is 12.6. The summed E-state index contributed by atoms with van der Waals surface area (Å²) in [6.07, 6.45) is 1.79. The molecule has 2 aromatic heterocycles. The lowest BCUT2D eigenvalue weighted by molar-refractivity contribution is -0.140. The van der Waals surface area contributed by atoms with Crippen LogP contribution in [0.4, 0.5) is 0 Å². The summed E-state index contributed by atoms with van der Waals surface area (Å²) in [6.45, 7) is 7.79. The highest BCUT2D eigenvalue weighted by atomic mass is 16.5. The van der Waals surface area contributed by atoms with Gasteiger partial charge in [0.15, 0.2) is 0 Å². The lowest BCUT2D eigenvalue weighted by Gasteiger charge is -2.32. The Morgan fingerprint density at radius 1 is 1.35 bits per heavy atom. The second-order valence-corrected chi connectivity index (χ2v) is 6.14. The van der Waals surface area contributed by atoms with Gasteiger partial charge >= 0.3 is 0 Å². The van der Waals surface area contributed by atoms with E-state index < -0.39 is 0 Å². The number of imidazole rings is 1. The molecule has 0 spiro atoms. The Labute approximate surface area is 135 Å². The molecular weight excluding hydrogens is 294 g/mol. The smallest absolute Gasteiger partial charge is 0.244 e. The summed E-state index contributed by atoms with van der Waals surface area (Å²) in [5.74, 6) is 0.932. The number of carbonyl (C=O) groups excluding carboxylic acids is 1. The summed E-state index contributed by atoms with van der Waals surface area (Å²) in [6, 6.07) is 1.98. The van der Waals surface area contributed by atoms with Crippen molar-refractivity contribution in [2.24, 2.45) is 7.05 Å². The normalized spacial score (nSPS) is 18.4. The molecule has 0 unspecified atom stereocenters. The van der Waals surface area contributed by atoms with Crippen molar-refractivity contribution in [2.75, 3.05) is 19.7 Å². The zero-order valence-corrected chi connectivity index (χ0v) is 14.1. The van der Waals surface area contributed by atoms with Gasteiger partial charge in [-0.3, -0.25) is 9.48 Å². The maximum Gasteiger partial charge on any atom is 0.244 e. The average molecular weight is 317 g/mol. The fraction of sp³-hybridized carbons (Fsp3) is 0.562. The molecule has 0 bridgehead atoms. The van der Waals surface area contributed by atoms with Gasteiger partial charge in [-0.05, 0) is 26.8 Å². The second-order valence-electron chi connectivity index (χ2n) is 6.14. The van der Waals surface area contributed by atoms with Crippen LogP contribution in [0.25, 0.3) is 0 Å². The lowest BCUT2D eigenvalue weighted by atomic mass is 10.2. The number of rotatable bonds is 3. The zero-order valence-electron chi connectivity index (χ0n) is 14.1. The molecule has 3 heterocycles. The van der Waals surface area contributed by atoms with Crippen LogP contribution in [-0.2, 0) is 23.1 Å². The van der Waals surface area contributed by atoms with Crippen LogP contribution >= 0.6 is 0 Å². The van der Waals surface area contributed by atoms with E-state index in [4.69, 9.17) is 4.74 Å². The molecule has 0 N–H and O–H groups in total. The quantitative estimate of drug-likeness (QED) is 0.851. The number of nitrogens with zero attached hydrogens (tertiary/aromatic N) is 5. The number of ether oxygens (including phenoxy) is 1. The first-order valence-electron chi connectivity index (χ1n) is 7.84. The van der Waals surface area contributed by atoms with Gasteiger partial charge in [0.25, 0.3) is 0 Å². The highest BCUT2D eigenvalue weighted by Crippen LogP contribution is 2.21. The van der Waals surface area contributed by atoms with Crippen LogP contribution in [0.2, 0.25) is 0 Å². The third-order valence-electron chi connectivity index (χ3n) is 4.13. The topological polar surface area (TPSA) is 65.2 Å². The van der Waals surface area contributed by atoms with Crippen molar-refractivity contribution in [1.29, 1.82) is 0 Å². The van der Waals surface area contributed by atoms with Crippen LogP contribution in [0.3, 0.4) is 0 Å². The van der Waals surface area contributed by atoms with Crippen molar-refractivity contribution < 1.29 is 9.53 Å². The Hall–Kier alpha value is -2.15. The average Bonchev–Trinajstić information content (AvgIpc) is 3.00. The van der Waals surface area contributed by atoms with Crippen LogP contribution in [0.15, 0.2) is 12.3 Å². The Kier molecular flexibility index (Phi) is 4.21. The maximum atomic E-state index is 12.6. The van der Waals surface area contributed by atoms with Crippen LogP contribution in [0, 0.1) is 20.8 Å². The first-order valence-corrected chi connectivity index (χ1v) is 7.84. The van der Waals surface area contributed by atoms with Crippen molar-refractivity contribution in [3.63, 3.8) is 0 Å². The van der Waals surface area contributed by atoms with Gasteiger partial charge in [-0.2, -0.15) is 5.10 Å². The summed E-state index contributed by atoms with van der Waals surface area (Å²) >= 11 is 0. The van der Waals surface area contributed by atoms with Crippen molar-refractivity contribution in [1.82, 2.24) is 24.2 Å². The molecule has 23 heavy (non-hydrogen) atoms. The van der Waals surface area contributed by atoms with Crippen LogP contribution in [0.5, 0.6) is 0 Å². The Morgan fingerprint density at radius 3 is 2.74 bits per heavy atom. The molecule has 124 valence electrons. The molecule has 1 fully saturated rings.